The van der Waals surface area contributed by atoms with Crippen LogP contribution in [0.1, 0.15) is 12.5 Å². The summed E-state index contributed by atoms with van der Waals surface area (Å²) in [4.78, 5) is 16.7. The molecular formula is C21H19BrN2O3S. The van der Waals surface area contributed by atoms with Crippen LogP contribution in [-0.4, -0.2) is 24.6 Å². The lowest BCUT2D eigenvalue weighted by molar-refractivity contribution is -0.111. The van der Waals surface area contributed by atoms with Gasteiger partial charge < -0.3 is 9.47 Å². The Hall–Kier alpha value is -2.64. The van der Waals surface area contributed by atoms with Crippen molar-refractivity contribution in [3.63, 3.8) is 0 Å². The number of methoxy groups -OCH3 is 1. The third kappa shape index (κ3) is 4.99. The van der Waals surface area contributed by atoms with Crippen LogP contribution in [0.15, 0.2) is 58.4 Å². The second kappa shape index (κ2) is 9.52. The van der Waals surface area contributed by atoms with E-state index in [0.29, 0.717) is 11.7 Å². The Morgan fingerprint density at radius 2 is 2.07 bits per heavy atom. The first-order chi connectivity index (χ1) is 13.6. The van der Waals surface area contributed by atoms with Crippen molar-refractivity contribution in [1.29, 1.82) is 0 Å². The van der Waals surface area contributed by atoms with E-state index in [1.54, 1.807) is 13.2 Å². The van der Waals surface area contributed by atoms with E-state index in [0.717, 1.165) is 32.8 Å². The van der Waals surface area contributed by atoms with Crippen molar-refractivity contribution in [3.05, 3.63) is 64.0 Å². The van der Waals surface area contributed by atoms with Gasteiger partial charge in [-0.1, -0.05) is 18.2 Å². The fraction of sp³-hybridized carbons (Fsp3) is 0.143. The van der Waals surface area contributed by atoms with Crippen LogP contribution in [0.25, 0.3) is 17.3 Å². The van der Waals surface area contributed by atoms with Crippen LogP contribution in [-0.2, 0) is 4.79 Å². The van der Waals surface area contributed by atoms with E-state index in [9.17, 15) is 4.79 Å². The van der Waals surface area contributed by atoms with E-state index in [1.165, 1.54) is 17.4 Å². The van der Waals surface area contributed by atoms with Crippen molar-refractivity contribution in [2.24, 2.45) is 0 Å². The zero-order chi connectivity index (χ0) is 19.9. The van der Waals surface area contributed by atoms with Gasteiger partial charge in [0, 0.05) is 17.0 Å². The van der Waals surface area contributed by atoms with E-state index in [4.69, 9.17) is 9.47 Å². The lowest BCUT2D eigenvalue weighted by Gasteiger charge is -2.07. The molecule has 0 aliphatic rings. The number of nitrogens with zero attached hydrogens (tertiary/aromatic N) is 1. The third-order valence-corrected chi connectivity index (χ3v) is 5.18. The zero-order valence-corrected chi connectivity index (χ0v) is 17.8. The molecule has 1 aromatic heterocycles. The lowest BCUT2D eigenvalue weighted by Crippen LogP contribution is -2.07. The first-order valence-corrected chi connectivity index (χ1v) is 10.3. The summed E-state index contributed by atoms with van der Waals surface area (Å²) in [5, 5.41) is 5.23. The molecule has 0 saturated heterocycles. The molecule has 3 aromatic rings. The van der Waals surface area contributed by atoms with Gasteiger partial charge in [-0.2, -0.15) is 0 Å². The summed E-state index contributed by atoms with van der Waals surface area (Å²) in [6.07, 6.45) is 3.21. The highest BCUT2D eigenvalue weighted by Crippen LogP contribution is 2.32. The van der Waals surface area contributed by atoms with Crippen LogP contribution in [0.3, 0.4) is 0 Å². The van der Waals surface area contributed by atoms with E-state index in [-0.39, 0.29) is 5.91 Å². The average Bonchev–Trinajstić information content (AvgIpc) is 3.15. The summed E-state index contributed by atoms with van der Waals surface area (Å²) in [5.74, 6) is 1.27. The van der Waals surface area contributed by atoms with Crippen LogP contribution in [0.2, 0.25) is 0 Å². The Balaban J connectivity index is 1.68. The number of ether oxygens (including phenoxy) is 2. The van der Waals surface area contributed by atoms with Gasteiger partial charge in [-0.25, -0.2) is 4.98 Å². The number of para-hydroxylation sites is 1. The van der Waals surface area contributed by atoms with Crippen molar-refractivity contribution >= 4 is 44.4 Å². The van der Waals surface area contributed by atoms with E-state index in [1.807, 2.05) is 54.8 Å². The number of carbonyl (C=O) groups is 1. The van der Waals surface area contributed by atoms with Gasteiger partial charge in [0.2, 0.25) is 5.91 Å². The molecule has 7 heteroatoms. The summed E-state index contributed by atoms with van der Waals surface area (Å²) in [6, 6.07) is 13.3. The molecule has 144 valence electrons. The summed E-state index contributed by atoms with van der Waals surface area (Å²) in [5.41, 5.74) is 2.56. The van der Waals surface area contributed by atoms with Crippen LogP contribution >= 0.6 is 27.3 Å². The normalized spacial score (nSPS) is 10.8. The van der Waals surface area contributed by atoms with Crippen LogP contribution in [0.5, 0.6) is 11.5 Å². The van der Waals surface area contributed by atoms with E-state index >= 15 is 0 Å². The lowest BCUT2D eigenvalue weighted by atomic mass is 10.1. The van der Waals surface area contributed by atoms with E-state index < -0.39 is 0 Å². The van der Waals surface area contributed by atoms with Crippen molar-refractivity contribution < 1.29 is 14.3 Å². The Kier molecular flexibility index (Phi) is 6.84. The fourth-order valence-corrected chi connectivity index (χ4v) is 3.79. The molecule has 0 radical (unpaired) electrons. The molecule has 2 aromatic carbocycles. The molecule has 0 saturated carbocycles. The van der Waals surface area contributed by atoms with Gasteiger partial charge in [0.1, 0.15) is 11.5 Å². The number of carbonyl (C=O) groups excluding carboxylic acids is 1. The van der Waals surface area contributed by atoms with Gasteiger partial charge >= 0.3 is 0 Å². The van der Waals surface area contributed by atoms with Crippen LogP contribution in [0, 0.1) is 0 Å². The fourth-order valence-electron chi connectivity index (χ4n) is 2.52. The van der Waals surface area contributed by atoms with Gasteiger partial charge in [-0.05, 0) is 58.8 Å². The SMILES string of the molecule is CCOc1ccccc1-c1csc(NC(=O)C=Cc2ccc(OC)c(Br)c2)n1. The minimum atomic E-state index is -0.245. The highest BCUT2D eigenvalue weighted by Gasteiger charge is 2.11. The average molecular weight is 459 g/mol. The molecule has 1 N–H and O–H groups in total. The summed E-state index contributed by atoms with van der Waals surface area (Å²) in [6.45, 7) is 2.52. The Morgan fingerprint density at radius 3 is 2.82 bits per heavy atom. The largest absolute Gasteiger partial charge is 0.496 e. The van der Waals surface area contributed by atoms with Gasteiger partial charge in [0.05, 0.1) is 23.9 Å². The molecule has 0 spiro atoms. The first kappa shape index (κ1) is 20.1. The standard InChI is InChI=1S/C21H19BrN2O3S/c1-3-27-18-7-5-4-6-15(18)17-13-28-21(23-17)24-20(25)11-9-14-8-10-19(26-2)16(22)12-14/h4-13H,3H2,1-2H3,(H,23,24,25). The maximum Gasteiger partial charge on any atom is 0.250 e. The number of nitrogens with one attached hydrogen (secondary N) is 1. The van der Waals surface area contributed by atoms with Crippen molar-refractivity contribution in [1.82, 2.24) is 4.98 Å². The van der Waals surface area contributed by atoms with Crippen molar-refractivity contribution in [3.8, 4) is 22.8 Å². The molecular weight excluding hydrogens is 440 g/mol. The number of benzene rings is 2. The first-order valence-electron chi connectivity index (χ1n) is 8.61. The molecule has 28 heavy (non-hydrogen) atoms. The Labute approximate surface area is 176 Å². The van der Waals surface area contributed by atoms with Crippen LogP contribution in [0.4, 0.5) is 5.13 Å². The molecule has 3 rings (SSSR count). The molecule has 0 unspecified atom stereocenters. The summed E-state index contributed by atoms with van der Waals surface area (Å²) < 4.78 is 11.7. The van der Waals surface area contributed by atoms with Gasteiger partial charge in [-0.3, -0.25) is 10.1 Å². The monoisotopic (exact) mass is 458 g/mol. The number of rotatable bonds is 7. The smallest absolute Gasteiger partial charge is 0.250 e. The van der Waals surface area contributed by atoms with Gasteiger partial charge in [0.25, 0.3) is 0 Å². The highest BCUT2D eigenvalue weighted by molar-refractivity contribution is 9.10. The highest BCUT2D eigenvalue weighted by atomic mass is 79.9. The second-order valence-corrected chi connectivity index (χ2v) is 7.40. The molecule has 0 bridgehead atoms. The molecule has 0 aliphatic carbocycles. The molecule has 1 amide bonds. The Morgan fingerprint density at radius 1 is 1.25 bits per heavy atom. The summed E-state index contributed by atoms with van der Waals surface area (Å²) >= 11 is 4.80. The number of anilines is 1. The van der Waals surface area contributed by atoms with Crippen molar-refractivity contribution in [2.45, 2.75) is 6.92 Å². The minimum absolute atomic E-state index is 0.245. The predicted molar refractivity (Wildman–Crippen MR) is 117 cm³/mol. The molecule has 5 nitrogen and oxygen atoms in total. The topological polar surface area (TPSA) is 60.5 Å². The van der Waals surface area contributed by atoms with Crippen molar-refractivity contribution in [2.75, 3.05) is 19.0 Å². The second-order valence-electron chi connectivity index (χ2n) is 5.68. The number of aromatic nitrogens is 1. The zero-order valence-electron chi connectivity index (χ0n) is 15.4. The molecule has 0 atom stereocenters. The molecule has 1 heterocycles. The number of hydrogen-bond acceptors (Lipinski definition) is 5. The molecule has 0 aliphatic heterocycles. The predicted octanol–water partition coefficient (Wildman–Crippen LogP) is 5.63. The summed E-state index contributed by atoms with van der Waals surface area (Å²) in [7, 11) is 1.61. The van der Waals surface area contributed by atoms with Gasteiger partial charge in [-0.15, -0.1) is 11.3 Å². The molecule has 0 fully saturated rings. The number of halogens is 1. The number of thiazole rings is 1. The maximum absolute atomic E-state index is 12.2. The third-order valence-electron chi connectivity index (χ3n) is 3.80. The van der Waals surface area contributed by atoms with Crippen LogP contribution < -0.4 is 14.8 Å². The number of amides is 1. The van der Waals surface area contributed by atoms with E-state index in [2.05, 4.69) is 26.2 Å². The number of hydrogen-bond donors (Lipinski definition) is 1. The van der Waals surface area contributed by atoms with Gasteiger partial charge in [0.15, 0.2) is 5.13 Å². The quantitative estimate of drug-likeness (QED) is 0.465. The minimum Gasteiger partial charge on any atom is -0.496 e. The maximum atomic E-state index is 12.2. The Bertz CT molecular complexity index is 1000.